The van der Waals surface area contributed by atoms with Crippen LogP contribution in [0.4, 0.5) is 5.82 Å². The molecule has 2 fully saturated rings. The second-order valence-electron chi connectivity index (χ2n) is 4.93. The first-order valence-corrected chi connectivity index (χ1v) is 7.53. The molecule has 0 aliphatic heterocycles. The molecule has 0 radical (unpaired) electrons. The van der Waals surface area contributed by atoms with Gasteiger partial charge in [0, 0.05) is 13.2 Å². The summed E-state index contributed by atoms with van der Waals surface area (Å²) in [6.07, 6.45) is 5.71. The smallest absolute Gasteiger partial charge is 0.238 e. The summed E-state index contributed by atoms with van der Waals surface area (Å²) >= 11 is 0. The van der Waals surface area contributed by atoms with Gasteiger partial charge in [0.25, 0.3) is 0 Å². The van der Waals surface area contributed by atoms with Gasteiger partial charge in [-0.1, -0.05) is 0 Å². The van der Waals surface area contributed by atoms with Crippen LogP contribution in [0.5, 0.6) is 0 Å². The normalized spacial score (nSPS) is 20.3. The SMILES string of the molecule is CN(c1cc(C2CC2)ccn1)S(=O)(=O)C1CC1. The van der Waals surface area contributed by atoms with Crippen LogP contribution in [0.1, 0.15) is 37.2 Å². The molecule has 1 aromatic heterocycles. The maximum atomic E-state index is 12.1. The number of aromatic nitrogens is 1. The molecule has 2 aliphatic carbocycles. The Morgan fingerprint density at radius 2 is 2.00 bits per heavy atom. The number of rotatable bonds is 4. The number of anilines is 1. The topological polar surface area (TPSA) is 50.3 Å². The molecule has 5 heteroatoms. The Balaban J connectivity index is 1.89. The van der Waals surface area contributed by atoms with Crippen molar-refractivity contribution in [3.8, 4) is 0 Å². The van der Waals surface area contributed by atoms with Crippen LogP contribution in [0, 0.1) is 0 Å². The fraction of sp³-hybridized carbons (Fsp3) is 0.583. The third-order valence-corrected chi connectivity index (χ3v) is 5.73. The van der Waals surface area contributed by atoms with E-state index >= 15 is 0 Å². The fourth-order valence-corrected chi connectivity index (χ4v) is 3.54. The molecule has 17 heavy (non-hydrogen) atoms. The molecule has 92 valence electrons. The van der Waals surface area contributed by atoms with E-state index in [0.29, 0.717) is 11.7 Å². The first-order valence-electron chi connectivity index (χ1n) is 6.03. The van der Waals surface area contributed by atoms with Gasteiger partial charge in [-0.3, -0.25) is 4.31 Å². The minimum atomic E-state index is -3.17. The minimum Gasteiger partial charge on any atom is -0.257 e. The second-order valence-corrected chi connectivity index (χ2v) is 7.18. The lowest BCUT2D eigenvalue weighted by molar-refractivity contribution is 0.592. The molecule has 2 aliphatic rings. The monoisotopic (exact) mass is 252 g/mol. The van der Waals surface area contributed by atoms with E-state index < -0.39 is 10.0 Å². The van der Waals surface area contributed by atoms with E-state index in [9.17, 15) is 8.42 Å². The number of nitrogens with zero attached hydrogens (tertiary/aromatic N) is 2. The maximum absolute atomic E-state index is 12.1. The average molecular weight is 252 g/mol. The molecule has 2 saturated carbocycles. The summed E-state index contributed by atoms with van der Waals surface area (Å²) in [6.45, 7) is 0. The minimum absolute atomic E-state index is 0.182. The van der Waals surface area contributed by atoms with Crippen molar-refractivity contribution < 1.29 is 8.42 Å². The molecule has 0 unspecified atom stereocenters. The molecule has 0 bridgehead atoms. The Morgan fingerprint density at radius 1 is 1.29 bits per heavy atom. The molecule has 3 rings (SSSR count). The first kappa shape index (κ1) is 11.0. The van der Waals surface area contributed by atoms with Gasteiger partial charge in [0.2, 0.25) is 10.0 Å². The second kappa shape index (κ2) is 3.70. The molecule has 0 N–H and O–H groups in total. The van der Waals surface area contributed by atoms with Crippen molar-refractivity contribution >= 4 is 15.8 Å². The molecular weight excluding hydrogens is 236 g/mol. The Morgan fingerprint density at radius 3 is 2.59 bits per heavy atom. The highest BCUT2D eigenvalue weighted by Crippen LogP contribution is 2.41. The van der Waals surface area contributed by atoms with Crippen LogP contribution in [0.15, 0.2) is 18.3 Å². The molecule has 0 saturated heterocycles. The predicted molar refractivity (Wildman–Crippen MR) is 66.6 cm³/mol. The van der Waals surface area contributed by atoms with Crippen LogP contribution in [0.25, 0.3) is 0 Å². The maximum Gasteiger partial charge on any atom is 0.238 e. The highest BCUT2D eigenvalue weighted by Gasteiger charge is 2.39. The van der Waals surface area contributed by atoms with Crippen LogP contribution in [0.3, 0.4) is 0 Å². The van der Waals surface area contributed by atoms with E-state index in [1.54, 1.807) is 13.2 Å². The van der Waals surface area contributed by atoms with Crippen molar-refractivity contribution in [2.75, 3.05) is 11.4 Å². The van der Waals surface area contributed by atoms with E-state index in [-0.39, 0.29) is 5.25 Å². The lowest BCUT2D eigenvalue weighted by Gasteiger charge is -2.18. The average Bonchev–Trinajstić information content (AvgIpc) is 3.21. The van der Waals surface area contributed by atoms with Gasteiger partial charge in [-0.15, -0.1) is 0 Å². The largest absolute Gasteiger partial charge is 0.257 e. The van der Waals surface area contributed by atoms with Crippen LogP contribution in [0.2, 0.25) is 0 Å². The number of hydrogen-bond acceptors (Lipinski definition) is 3. The van der Waals surface area contributed by atoms with Gasteiger partial charge in [0.05, 0.1) is 5.25 Å². The summed E-state index contributed by atoms with van der Waals surface area (Å²) < 4.78 is 25.5. The van der Waals surface area contributed by atoms with Crippen molar-refractivity contribution in [1.29, 1.82) is 0 Å². The molecule has 1 aromatic rings. The lowest BCUT2D eigenvalue weighted by atomic mass is 10.2. The zero-order valence-corrected chi connectivity index (χ0v) is 10.7. The first-order chi connectivity index (χ1) is 8.09. The summed E-state index contributed by atoms with van der Waals surface area (Å²) in [4.78, 5) is 4.17. The lowest BCUT2D eigenvalue weighted by Crippen LogP contribution is -2.30. The van der Waals surface area contributed by atoms with Crippen LogP contribution in [-0.4, -0.2) is 25.7 Å². The van der Waals surface area contributed by atoms with Crippen LogP contribution < -0.4 is 4.31 Å². The van der Waals surface area contributed by atoms with E-state index in [4.69, 9.17) is 0 Å². The number of sulfonamides is 1. The van der Waals surface area contributed by atoms with E-state index in [1.165, 1.54) is 22.7 Å². The van der Waals surface area contributed by atoms with E-state index in [2.05, 4.69) is 4.98 Å². The van der Waals surface area contributed by atoms with Gasteiger partial charge in [0.1, 0.15) is 5.82 Å². The van der Waals surface area contributed by atoms with Gasteiger partial charge in [0.15, 0.2) is 0 Å². The molecule has 0 amide bonds. The zero-order valence-electron chi connectivity index (χ0n) is 9.83. The van der Waals surface area contributed by atoms with Gasteiger partial charge in [-0.25, -0.2) is 13.4 Å². The van der Waals surface area contributed by atoms with Crippen molar-refractivity contribution in [3.05, 3.63) is 23.9 Å². The molecule has 1 heterocycles. The molecular formula is C12H16N2O2S. The van der Waals surface area contributed by atoms with Gasteiger partial charge in [-0.2, -0.15) is 0 Å². The Bertz CT molecular complexity index is 533. The van der Waals surface area contributed by atoms with Crippen molar-refractivity contribution in [3.63, 3.8) is 0 Å². The third-order valence-electron chi connectivity index (χ3n) is 3.47. The van der Waals surface area contributed by atoms with Crippen LogP contribution >= 0.6 is 0 Å². The standard InChI is InChI=1S/C12H16N2O2S/c1-14(17(15,16)11-4-5-11)12-8-10(6-7-13-12)9-2-3-9/h6-9,11H,2-5H2,1H3. The van der Waals surface area contributed by atoms with Gasteiger partial charge < -0.3 is 0 Å². The molecule has 0 spiro atoms. The number of hydrogen-bond donors (Lipinski definition) is 0. The van der Waals surface area contributed by atoms with Crippen molar-refractivity contribution in [2.45, 2.75) is 36.9 Å². The summed E-state index contributed by atoms with van der Waals surface area (Å²) in [6, 6.07) is 3.90. The summed E-state index contributed by atoms with van der Waals surface area (Å²) in [5, 5.41) is -0.182. The molecule has 4 nitrogen and oxygen atoms in total. The molecule has 0 aromatic carbocycles. The summed E-state index contributed by atoms with van der Waals surface area (Å²) in [7, 11) is -1.57. The fourth-order valence-electron chi connectivity index (χ4n) is 2.00. The van der Waals surface area contributed by atoms with Crippen LogP contribution in [-0.2, 0) is 10.0 Å². The quantitative estimate of drug-likeness (QED) is 0.822. The Labute approximate surface area is 102 Å². The van der Waals surface area contributed by atoms with E-state index in [1.807, 2.05) is 12.1 Å². The Hall–Kier alpha value is -1.10. The molecule has 0 atom stereocenters. The third kappa shape index (κ3) is 2.04. The predicted octanol–water partition coefficient (Wildman–Crippen LogP) is 1.89. The van der Waals surface area contributed by atoms with Gasteiger partial charge in [-0.05, 0) is 49.3 Å². The van der Waals surface area contributed by atoms with Crippen molar-refractivity contribution in [1.82, 2.24) is 4.98 Å². The Kier molecular flexibility index (Phi) is 2.40. The summed E-state index contributed by atoms with van der Waals surface area (Å²) in [5.41, 5.74) is 1.22. The highest BCUT2D eigenvalue weighted by molar-refractivity contribution is 7.93. The highest BCUT2D eigenvalue weighted by atomic mass is 32.2. The zero-order chi connectivity index (χ0) is 12.0. The van der Waals surface area contributed by atoms with E-state index in [0.717, 1.165) is 12.8 Å². The van der Waals surface area contributed by atoms with Crippen molar-refractivity contribution in [2.24, 2.45) is 0 Å². The summed E-state index contributed by atoms with van der Waals surface area (Å²) in [5.74, 6) is 1.18. The number of pyridine rings is 1. The van der Waals surface area contributed by atoms with Gasteiger partial charge >= 0.3 is 0 Å².